The largest absolute Gasteiger partial charge is 0.381 e. The van der Waals surface area contributed by atoms with E-state index in [-0.39, 0.29) is 0 Å². The van der Waals surface area contributed by atoms with E-state index in [2.05, 4.69) is 42.3 Å². The van der Waals surface area contributed by atoms with Gasteiger partial charge in [0.1, 0.15) is 17.3 Å². The van der Waals surface area contributed by atoms with Crippen LogP contribution in [0.3, 0.4) is 0 Å². The monoisotopic (exact) mass is 308 g/mol. The number of rotatable bonds is 3. The molecule has 1 aliphatic rings. The van der Waals surface area contributed by atoms with Crippen molar-refractivity contribution in [2.45, 2.75) is 25.8 Å². The van der Waals surface area contributed by atoms with E-state index in [1.807, 2.05) is 25.4 Å². The summed E-state index contributed by atoms with van der Waals surface area (Å²) in [5.74, 6) is 1.86. The number of hydrogen-bond donors (Lipinski definition) is 2. The average molecular weight is 308 g/mol. The van der Waals surface area contributed by atoms with Crippen molar-refractivity contribution < 1.29 is 0 Å². The second-order valence-electron chi connectivity index (χ2n) is 5.98. The third-order valence-electron chi connectivity index (χ3n) is 4.33. The number of anilines is 2. The molecule has 0 aliphatic carbocycles. The summed E-state index contributed by atoms with van der Waals surface area (Å²) in [7, 11) is 0. The van der Waals surface area contributed by atoms with Gasteiger partial charge in [-0.15, -0.1) is 0 Å². The number of aryl methyl sites for hydroxylation is 1. The standard InChI is InChI=1S/C17H20N6/c1-12-20-16-15(4-8-19-16)17(21-12)23-9-5-13(6-10-23)22-14-3-2-7-18-11-14/h2-4,7-8,11,13,22H,5-6,9-10H2,1H3,(H,19,20,21). The van der Waals surface area contributed by atoms with Gasteiger partial charge in [0.15, 0.2) is 0 Å². The molecule has 6 heteroatoms. The van der Waals surface area contributed by atoms with Crippen LogP contribution in [0, 0.1) is 6.92 Å². The second kappa shape index (κ2) is 5.87. The number of nitrogens with zero attached hydrogens (tertiary/aromatic N) is 4. The Morgan fingerprint density at radius 1 is 1.22 bits per heavy atom. The van der Waals surface area contributed by atoms with Gasteiger partial charge in [-0.1, -0.05) is 0 Å². The summed E-state index contributed by atoms with van der Waals surface area (Å²) in [6.45, 7) is 3.93. The molecule has 1 fully saturated rings. The first kappa shape index (κ1) is 14.0. The lowest BCUT2D eigenvalue weighted by Gasteiger charge is -2.34. The van der Waals surface area contributed by atoms with Crippen LogP contribution in [-0.2, 0) is 0 Å². The minimum atomic E-state index is 0.486. The normalized spacial score (nSPS) is 16.0. The fourth-order valence-corrected chi connectivity index (χ4v) is 3.19. The summed E-state index contributed by atoms with van der Waals surface area (Å²) >= 11 is 0. The molecule has 3 aromatic rings. The van der Waals surface area contributed by atoms with E-state index in [0.29, 0.717) is 6.04 Å². The summed E-state index contributed by atoms with van der Waals surface area (Å²) in [6.07, 6.45) is 7.78. The van der Waals surface area contributed by atoms with Gasteiger partial charge in [-0.05, 0) is 38.0 Å². The van der Waals surface area contributed by atoms with Crippen LogP contribution in [0.25, 0.3) is 11.0 Å². The van der Waals surface area contributed by atoms with Crippen LogP contribution in [-0.4, -0.2) is 39.1 Å². The van der Waals surface area contributed by atoms with Crippen LogP contribution in [0.15, 0.2) is 36.8 Å². The Labute approximate surface area is 135 Å². The van der Waals surface area contributed by atoms with Gasteiger partial charge in [0.25, 0.3) is 0 Å². The van der Waals surface area contributed by atoms with Gasteiger partial charge in [0.2, 0.25) is 0 Å². The lowest BCUT2D eigenvalue weighted by Crippen LogP contribution is -2.39. The van der Waals surface area contributed by atoms with Crippen molar-refractivity contribution in [1.82, 2.24) is 19.9 Å². The molecule has 0 saturated carbocycles. The van der Waals surface area contributed by atoms with Crippen LogP contribution in [0.2, 0.25) is 0 Å². The summed E-state index contributed by atoms with van der Waals surface area (Å²) < 4.78 is 0. The molecule has 0 radical (unpaired) electrons. The first-order valence-electron chi connectivity index (χ1n) is 8.03. The molecule has 0 bridgehead atoms. The van der Waals surface area contributed by atoms with Gasteiger partial charge in [0.05, 0.1) is 11.1 Å². The predicted octanol–water partition coefficient (Wildman–Crippen LogP) is 2.74. The number of H-pyrrole nitrogens is 1. The maximum atomic E-state index is 4.67. The van der Waals surface area contributed by atoms with Crippen molar-refractivity contribution in [2.75, 3.05) is 23.3 Å². The smallest absolute Gasteiger partial charge is 0.143 e. The third kappa shape index (κ3) is 2.84. The van der Waals surface area contributed by atoms with Crippen molar-refractivity contribution in [3.05, 3.63) is 42.6 Å². The Hall–Kier alpha value is -2.63. The van der Waals surface area contributed by atoms with Crippen molar-refractivity contribution in [3.8, 4) is 0 Å². The van der Waals surface area contributed by atoms with Crippen LogP contribution < -0.4 is 10.2 Å². The van der Waals surface area contributed by atoms with Crippen molar-refractivity contribution >= 4 is 22.5 Å². The number of fused-ring (bicyclic) bond motifs is 1. The minimum Gasteiger partial charge on any atom is -0.381 e. The topological polar surface area (TPSA) is 69.7 Å². The molecule has 3 aromatic heterocycles. The van der Waals surface area contributed by atoms with E-state index in [0.717, 1.165) is 54.3 Å². The highest BCUT2D eigenvalue weighted by Gasteiger charge is 2.22. The Morgan fingerprint density at radius 2 is 2.09 bits per heavy atom. The highest BCUT2D eigenvalue weighted by atomic mass is 15.2. The molecule has 2 N–H and O–H groups in total. The van der Waals surface area contributed by atoms with Gasteiger partial charge < -0.3 is 15.2 Å². The number of pyridine rings is 1. The van der Waals surface area contributed by atoms with E-state index in [1.54, 1.807) is 6.20 Å². The third-order valence-corrected chi connectivity index (χ3v) is 4.33. The number of hydrogen-bond acceptors (Lipinski definition) is 5. The quantitative estimate of drug-likeness (QED) is 0.778. The number of aromatic nitrogens is 4. The molecule has 0 atom stereocenters. The predicted molar refractivity (Wildman–Crippen MR) is 91.7 cm³/mol. The molecule has 1 aliphatic heterocycles. The molecule has 23 heavy (non-hydrogen) atoms. The zero-order chi connectivity index (χ0) is 15.6. The molecule has 1 saturated heterocycles. The molecule has 0 spiro atoms. The van der Waals surface area contributed by atoms with Gasteiger partial charge in [-0.25, -0.2) is 9.97 Å². The number of aromatic amines is 1. The van der Waals surface area contributed by atoms with Gasteiger partial charge in [-0.3, -0.25) is 4.98 Å². The Morgan fingerprint density at radius 3 is 2.87 bits per heavy atom. The van der Waals surface area contributed by atoms with Crippen LogP contribution >= 0.6 is 0 Å². The zero-order valence-corrected chi connectivity index (χ0v) is 13.2. The maximum Gasteiger partial charge on any atom is 0.143 e. The Kier molecular flexibility index (Phi) is 3.57. The van der Waals surface area contributed by atoms with Crippen molar-refractivity contribution in [2.24, 2.45) is 0 Å². The lowest BCUT2D eigenvalue weighted by atomic mass is 10.0. The van der Waals surface area contributed by atoms with E-state index >= 15 is 0 Å². The van der Waals surface area contributed by atoms with Crippen LogP contribution in [0.4, 0.5) is 11.5 Å². The molecular formula is C17H20N6. The fraction of sp³-hybridized carbons (Fsp3) is 0.353. The second-order valence-corrected chi connectivity index (χ2v) is 5.98. The Balaban J connectivity index is 1.47. The molecule has 0 unspecified atom stereocenters. The number of piperidine rings is 1. The number of nitrogens with one attached hydrogen (secondary N) is 2. The van der Waals surface area contributed by atoms with Crippen LogP contribution in [0.1, 0.15) is 18.7 Å². The molecule has 4 heterocycles. The summed E-state index contributed by atoms with van der Waals surface area (Å²) in [4.78, 5) is 18.8. The summed E-state index contributed by atoms with van der Waals surface area (Å²) in [5, 5.41) is 4.67. The molecule has 118 valence electrons. The summed E-state index contributed by atoms with van der Waals surface area (Å²) in [6, 6.07) is 6.57. The zero-order valence-electron chi connectivity index (χ0n) is 13.2. The first-order valence-corrected chi connectivity index (χ1v) is 8.03. The van der Waals surface area contributed by atoms with E-state index < -0.39 is 0 Å². The lowest BCUT2D eigenvalue weighted by molar-refractivity contribution is 0.524. The SMILES string of the molecule is Cc1nc(N2CCC(Nc3cccnc3)CC2)c2cc[nH]c2n1. The van der Waals surface area contributed by atoms with Crippen molar-refractivity contribution in [3.63, 3.8) is 0 Å². The van der Waals surface area contributed by atoms with Gasteiger partial charge >= 0.3 is 0 Å². The van der Waals surface area contributed by atoms with E-state index in [1.165, 1.54) is 0 Å². The Bertz CT molecular complexity index is 789. The van der Waals surface area contributed by atoms with Crippen molar-refractivity contribution in [1.29, 1.82) is 0 Å². The van der Waals surface area contributed by atoms with Gasteiger partial charge in [0, 0.05) is 37.7 Å². The van der Waals surface area contributed by atoms with E-state index in [4.69, 9.17) is 0 Å². The van der Waals surface area contributed by atoms with E-state index in [9.17, 15) is 0 Å². The molecular weight excluding hydrogens is 288 g/mol. The van der Waals surface area contributed by atoms with Gasteiger partial charge in [-0.2, -0.15) is 0 Å². The molecule has 4 rings (SSSR count). The summed E-state index contributed by atoms with van der Waals surface area (Å²) in [5.41, 5.74) is 2.01. The molecule has 6 nitrogen and oxygen atoms in total. The van der Waals surface area contributed by atoms with Crippen LogP contribution in [0.5, 0.6) is 0 Å². The maximum absolute atomic E-state index is 4.67. The minimum absolute atomic E-state index is 0.486. The highest BCUT2D eigenvalue weighted by Crippen LogP contribution is 2.26. The molecule has 0 amide bonds. The average Bonchev–Trinajstić information content (AvgIpc) is 3.04. The first-order chi connectivity index (χ1) is 11.3. The highest BCUT2D eigenvalue weighted by molar-refractivity contribution is 5.87. The molecule has 0 aromatic carbocycles. The fourth-order valence-electron chi connectivity index (χ4n) is 3.19.